The van der Waals surface area contributed by atoms with Crippen LogP contribution in [0.2, 0.25) is 0 Å². The normalized spacial score (nSPS) is 11.0. The van der Waals surface area contributed by atoms with Crippen molar-refractivity contribution in [2.24, 2.45) is 0 Å². The molecule has 2 aromatic rings. The molecule has 0 bridgehead atoms. The maximum atomic E-state index is 13.0. The molecule has 0 saturated carbocycles. The minimum absolute atomic E-state index is 0.161. The number of hydrogen-bond acceptors (Lipinski definition) is 6. The Hall–Kier alpha value is -2.94. The van der Waals surface area contributed by atoms with E-state index in [1.54, 1.807) is 24.3 Å². The second-order valence-electron chi connectivity index (χ2n) is 5.36. The van der Waals surface area contributed by atoms with Gasteiger partial charge in [0.2, 0.25) is 0 Å². The summed E-state index contributed by atoms with van der Waals surface area (Å²) in [4.78, 5) is 21.7. The summed E-state index contributed by atoms with van der Waals surface area (Å²) in [5.41, 5.74) is 1.08. The Labute approximate surface area is 151 Å². The summed E-state index contributed by atoms with van der Waals surface area (Å²) in [6.45, 7) is 1.45. The van der Waals surface area contributed by atoms with Crippen LogP contribution in [0.15, 0.2) is 53.4 Å². The molecule has 0 atom stereocenters. The highest BCUT2D eigenvalue weighted by Gasteiger charge is 2.28. The maximum absolute atomic E-state index is 13.0. The lowest BCUT2D eigenvalue weighted by Gasteiger charge is -2.23. The lowest BCUT2D eigenvalue weighted by molar-refractivity contribution is -0.384. The van der Waals surface area contributed by atoms with Crippen molar-refractivity contribution in [2.45, 2.75) is 18.2 Å². The van der Waals surface area contributed by atoms with E-state index in [1.165, 1.54) is 7.11 Å². The van der Waals surface area contributed by atoms with E-state index in [9.17, 15) is 23.3 Å². The minimum atomic E-state index is -4.11. The van der Waals surface area contributed by atoms with Crippen molar-refractivity contribution in [3.8, 4) is 0 Å². The van der Waals surface area contributed by atoms with Gasteiger partial charge in [0.1, 0.15) is 6.54 Å². The van der Waals surface area contributed by atoms with Gasteiger partial charge in [-0.1, -0.05) is 19.1 Å². The molecule has 0 N–H and O–H groups in total. The van der Waals surface area contributed by atoms with E-state index >= 15 is 0 Å². The van der Waals surface area contributed by atoms with Gasteiger partial charge in [0.05, 0.1) is 22.6 Å². The molecule has 0 amide bonds. The van der Waals surface area contributed by atoms with Crippen molar-refractivity contribution < 1.29 is 22.9 Å². The highest BCUT2D eigenvalue weighted by atomic mass is 32.2. The number of benzene rings is 2. The van der Waals surface area contributed by atoms with Gasteiger partial charge in [-0.15, -0.1) is 0 Å². The number of hydrogen-bond donors (Lipinski definition) is 0. The number of nitro benzene ring substituents is 1. The molecule has 0 aliphatic heterocycles. The summed E-state index contributed by atoms with van der Waals surface area (Å²) in [7, 11) is -2.95. The van der Waals surface area contributed by atoms with Gasteiger partial charge in [-0.2, -0.15) is 0 Å². The first-order valence-electron chi connectivity index (χ1n) is 7.72. The Morgan fingerprint density at radius 3 is 2.15 bits per heavy atom. The van der Waals surface area contributed by atoms with Crippen LogP contribution >= 0.6 is 0 Å². The van der Waals surface area contributed by atoms with Crippen molar-refractivity contribution in [2.75, 3.05) is 18.0 Å². The van der Waals surface area contributed by atoms with E-state index in [2.05, 4.69) is 4.74 Å². The van der Waals surface area contributed by atoms with Crippen LogP contribution in [-0.4, -0.2) is 33.0 Å². The highest BCUT2D eigenvalue weighted by Crippen LogP contribution is 2.25. The first-order chi connectivity index (χ1) is 12.3. The molecule has 2 rings (SSSR count). The Morgan fingerprint density at radius 1 is 1.12 bits per heavy atom. The summed E-state index contributed by atoms with van der Waals surface area (Å²) in [6, 6.07) is 11.2. The SMILES string of the molecule is CCc1ccc(N(CC(=O)OC)S(=O)(=O)c2ccc([N+](=O)[O-])cc2)cc1. The zero-order valence-corrected chi connectivity index (χ0v) is 15.1. The van der Waals surface area contributed by atoms with Crippen molar-refractivity contribution >= 4 is 27.4 Å². The van der Waals surface area contributed by atoms with Gasteiger partial charge in [-0.25, -0.2) is 8.42 Å². The molecule has 0 radical (unpaired) electrons. The minimum Gasteiger partial charge on any atom is -0.468 e. The first-order valence-corrected chi connectivity index (χ1v) is 9.16. The van der Waals surface area contributed by atoms with Gasteiger partial charge < -0.3 is 4.74 Å². The van der Waals surface area contributed by atoms with Crippen LogP contribution in [0.25, 0.3) is 0 Å². The molecule has 0 heterocycles. The number of aryl methyl sites for hydroxylation is 1. The number of non-ortho nitro benzene ring substituents is 1. The largest absolute Gasteiger partial charge is 0.468 e. The molecule has 2 aromatic carbocycles. The van der Waals surface area contributed by atoms with E-state index in [1.807, 2.05) is 6.92 Å². The maximum Gasteiger partial charge on any atom is 0.326 e. The lowest BCUT2D eigenvalue weighted by Crippen LogP contribution is -2.36. The highest BCUT2D eigenvalue weighted by molar-refractivity contribution is 7.92. The summed E-state index contributed by atoms with van der Waals surface area (Å²) >= 11 is 0. The molecule has 8 nitrogen and oxygen atoms in total. The summed E-state index contributed by atoms with van der Waals surface area (Å²) in [6.07, 6.45) is 0.784. The van der Waals surface area contributed by atoms with Crippen LogP contribution in [0, 0.1) is 10.1 Å². The topological polar surface area (TPSA) is 107 Å². The number of esters is 1. The average Bonchev–Trinajstić information content (AvgIpc) is 2.65. The predicted molar refractivity (Wildman–Crippen MR) is 95.5 cm³/mol. The molecule has 0 aliphatic carbocycles. The molecular weight excluding hydrogens is 360 g/mol. The summed E-state index contributed by atoms with van der Waals surface area (Å²) < 4.78 is 31.4. The van der Waals surface area contributed by atoms with E-state index in [-0.39, 0.29) is 10.6 Å². The quantitative estimate of drug-likeness (QED) is 0.416. The zero-order chi connectivity index (χ0) is 19.3. The van der Waals surface area contributed by atoms with Crippen molar-refractivity contribution in [3.63, 3.8) is 0 Å². The molecule has 0 fully saturated rings. The fourth-order valence-corrected chi connectivity index (χ4v) is 3.67. The summed E-state index contributed by atoms with van der Waals surface area (Å²) in [5, 5.41) is 10.7. The third-order valence-electron chi connectivity index (χ3n) is 3.77. The number of sulfonamides is 1. The van der Waals surface area contributed by atoms with Crippen LogP contribution in [0.4, 0.5) is 11.4 Å². The average molecular weight is 378 g/mol. The fourth-order valence-electron chi connectivity index (χ4n) is 2.26. The molecule has 0 spiro atoms. The van der Waals surface area contributed by atoms with Crippen LogP contribution in [0.1, 0.15) is 12.5 Å². The van der Waals surface area contributed by atoms with Gasteiger partial charge >= 0.3 is 5.97 Å². The van der Waals surface area contributed by atoms with Crippen molar-refractivity contribution in [1.82, 2.24) is 0 Å². The summed E-state index contributed by atoms with van der Waals surface area (Å²) in [5.74, 6) is -0.727. The Kier molecular flexibility index (Phi) is 5.93. The molecule has 26 heavy (non-hydrogen) atoms. The Morgan fingerprint density at radius 2 is 1.69 bits per heavy atom. The molecule has 0 aromatic heterocycles. The van der Waals surface area contributed by atoms with Crippen molar-refractivity contribution in [3.05, 3.63) is 64.2 Å². The number of nitro groups is 1. The molecular formula is C17H18N2O6S. The second kappa shape index (κ2) is 7.96. The van der Waals surface area contributed by atoms with Crippen molar-refractivity contribution in [1.29, 1.82) is 0 Å². The number of nitrogens with zero attached hydrogens (tertiary/aromatic N) is 2. The monoisotopic (exact) mass is 378 g/mol. The van der Waals surface area contributed by atoms with Gasteiger partial charge in [-0.05, 0) is 36.2 Å². The molecule has 0 aliphatic rings. The van der Waals surface area contributed by atoms with Crippen LogP contribution in [0.3, 0.4) is 0 Å². The first kappa shape index (κ1) is 19.4. The Balaban J connectivity index is 2.47. The molecule has 0 saturated heterocycles. The van der Waals surface area contributed by atoms with E-state index in [4.69, 9.17) is 0 Å². The standard InChI is InChI=1S/C17H18N2O6S/c1-3-13-4-6-14(7-5-13)18(12-17(20)25-2)26(23,24)16-10-8-15(9-11-16)19(21)22/h4-11H,3,12H2,1-2H3. The smallest absolute Gasteiger partial charge is 0.326 e. The molecule has 0 unspecified atom stereocenters. The van der Waals surface area contributed by atoms with E-state index < -0.39 is 27.5 Å². The van der Waals surface area contributed by atoms with Gasteiger partial charge in [-0.3, -0.25) is 19.2 Å². The van der Waals surface area contributed by atoms with Crippen LogP contribution < -0.4 is 4.31 Å². The van der Waals surface area contributed by atoms with Gasteiger partial charge in [0.15, 0.2) is 0 Å². The zero-order valence-electron chi connectivity index (χ0n) is 14.3. The van der Waals surface area contributed by atoms with Crippen LogP contribution in [-0.2, 0) is 26.0 Å². The second-order valence-corrected chi connectivity index (χ2v) is 7.22. The van der Waals surface area contributed by atoms with E-state index in [0.717, 1.165) is 40.6 Å². The lowest BCUT2D eigenvalue weighted by atomic mass is 10.1. The van der Waals surface area contributed by atoms with Gasteiger partial charge in [0.25, 0.3) is 15.7 Å². The number of ether oxygens (including phenoxy) is 1. The molecule has 9 heteroatoms. The van der Waals surface area contributed by atoms with E-state index in [0.29, 0.717) is 5.69 Å². The number of rotatable bonds is 7. The third kappa shape index (κ3) is 4.17. The van der Waals surface area contributed by atoms with Gasteiger partial charge in [0, 0.05) is 12.1 Å². The fraction of sp³-hybridized carbons (Fsp3) is 0.235. The Bertz CT molecular complexity index is 892. The number of anilines is 1. The number of methoxy groups -OCH3 is 1. The third-order valence-corrected chi connectivity index (χ3v) is 5.56. The molecule has 138 valence electrons. The number of carbonyl (C=O) groups is 1. The number of carbonyl (C=O) groups excluding carboxylic acids is 1. The van der Waals surface area contributed by atoms with Crippen LogP contribution in [0.5, 0.6) is 0 Å². The predicted octanol–water partition coefficient (Wildman–Crippen LogP) is 2.53.